The SMILES string of the molecule is Cc1ccc2sc(N(Cc3ccco3)C(=O)C3CCCN(S(=O)(=O)c4ccccc4)C3)nc2c1C. The molecule has 2 aromatic carbocycles. The minimum atomic E-state index is -3.67. The van der Waals surface area contributed by atoms with E-state index in [4.69, 9.17) is 9.40 Å². The smallest absolute Gasteiger partial charge is 0.243 e. The van der Waals surface area contributed by atoms with Gasteiger partial charge in [0.15, 0.2) is 5.13 Å². The standard InChI is InChI=1S/C26H27N3O4S2/c1-18-12-13-23-24(19(18)2)27-26(34-23)29(17-21-9-7-15-33-21)25(30)20-8-6-14-28(16-20)35(31,32)22-10-4-3-5-11-22/h3-5,7,9-13,15,20H,6,8,14,16-17H2,1-2H3. The molecule has 1 aliphatic rings. The third-order valence-corrected chi connectivity index (χ3v) is 9.50. The number of carbonyl (C=O) groups excluding carboxylic acids is 1. The van der Waals surface area contributed by atoms with Crippen LogP contribution < -0.4 is 4.90 Å². The molecular formula is C26H27N3O4S2. The van der Waals surface area contributed by atoms with Gasteiger partial charge >= 0.3 is 0 Å². The highest BCUT2D eigenvalue weighted by Gasteiger charge is 2.36. The van der Waals surface area contributed by atoms with E-state index in [2.05, 4.69) is 6.07 Å². The monoisotopic (exact) mass is 509 g/mol. The first-order valence-electron chi connectivity index (χ1n) is 11.6. The van der Waals surface area contributed by atoms with Gasteiger partial charge in [0, 0.05) is 13.1 Å². The molecule has 3 heterocycles. The third kappa shape index (κ3) is 4.63. The molecule has 182 valence electrons. The van der Waals surface area contributed by atoms with Gasteiger partial charge in [0.05, 0.1) is 33.8 Å². The van der Waals surface area contributed by atoms with E-state index in [9.17, 15) is 13.2 Å². The summed E-state index contributed by atoms with van der Waals surface area (Å²) in [5.41, 5.74) is 3.12. The molecule has 0 N–H and O–H groups in total. The molecular weight excluding hydrogens is 482 g/mol. The molecule has 1 fully saturated rings. The molecule has 1 unspecified atom stereocenters. The number of benzene rings is 2. The first-order chi connectivity index (χ1) is 16.8. The van der Waals surface area contributed by atoms with Crippen LogP contribution >= 0.6 is 11.3 Å². The first-order valence-corrected chi connectivity index (χ1v) is 13.9. The average Bonchev–Trinajstić information content (AvgIpc) is 3.55. The van der Waals surface area contributed by atoms with E-state index in [0.717, 1.165) is 21.3 Å². The van der Waals surface area contributed by atoms with Crippen LogP contribution in [-0.2, 0) is 21.4 Å². The Morgan fingerprint density at radius 1 is 1.14 bits per heavy atom. The van der Waals surface area contributed by atoms with Gasteiger partial charge in [-0.1, -0.05) is 35.6 Å². The van der Waals surface area contributed by atoms with Crippen LogP contribution in [0.25, 0.3) is 10.2 Å². The molecule has 7 nitrogen and oxygen atoms in total. The highest BCUT2D eigenvalue weighted by atomic mass is 32.2. The summed E-state index contributed by atoms with van der Waals surface area (Å²) in [7, 11) is -3.67. The number of aryl methyl sites for hydroxylation is 2. The number of piperidine rings is 1. The first kappa shape index (κ1) is 23.7. The van der Waals surface area contributed by atoms with Crippen LogP contribution in [0.4, 0.5) is 5.13 Å². The van der Waals surface area contributed by atoms with Crippen molar-refractivity contribution in [3.8, 4) is 0 Å². The lowest BCUT2D eigenvalue weighted by Crippen LogP contribution is -2.46. The summed E-state index contributed by atoms with van der Waals surface area (Å²) in [6.07, 6.45) is 2.82. The predicted molar refractivity (Wildman–Crippen MR) is 137 cm³/mol. The van der Waals surface area contributed by atoms with Crippen LogP contribution in [-0.4, -0.2) is 36.7 Å². The average molecular weight is 510 g/mol. The minimum Gasteiger partial charge on any atom is -0.467 e. The zero-order valence-corrected chi connectivity index (χ0v) is 21.3. The van der Waals surface area contributed by atoms with Gasteiger partial charge in [-0.15, -0.1) is 0 Å². The fraction of sp³-hybridized carbons (Fsp3) is 0.308. The van der Waals surface area contributed by atoms with Crippen molar-refractivity contribution in [2.75, 3.05) is 18.0 Å². The maximum Gasteiger partial charge on any atom is 0.243 e. The van der Waals surface area contributed by atoms with Gasteiger partial charge in [0.25, 0.3) is 0 Å². The normalized spacial score (nSPS) is 17.0. The third-order valence-electron chi connectivity index (χ3n) is 6.58. The van der Waals surface area contributed by atoms with Gasteiger partial charge in [-0.05, 0) is 68.1 Å². The number of anilines is 1. The number of furan rings is 1. The van der Waals surface area contributed by atoms with E-state index >= 15 is 0 Å². The lowest BCUT2D eigenvalue weighted by molar-refractivity contribution is -0.123. The fourth-order valence-electron chi connectivity index (χ4n) is 4.45. The van der Waals surface area contributed by atoms with Gasteiger partial charge in [-0.3, -0.25) is 9.69 Å². The van der Waals surface area contributed by atoms with E-state index in [1.807, 2.05) is 26.0 Å². The van der Waals surface area contributed by atoms with Crippen LogP contribution in [0.2, 0.25) is 0 Å². The Morgan fingerprint density at radius 3 is 2.69 bits per heavy atom. The fourth-order valence-corrected chi connectivity index (χ4v) is 7.03. The quantitative estimate of drug-likeness (QED) is 0.359. The molecule has 9 heteroatoms. The van der Waals surface area contributed by atoms with Crippen molar-refractivity contribution in [2.24, 2.45) is 5.92 Å². The number of aromatic nitrogens is 1. The van der Waals surface area contributed by atoms with Crippen LogP contribution in [0.1, 0.15) is 29.7 Å². The van der Waals surface area contributed by atoms with E-state index in [1.54, 1.807) is 47.6 Å². The van der Waals surface area contributed by atoms with Crippen molar-refractivity contribution in [1.82, 2.24) is 9.29 Å². The molecule has 0 aliphatic carbocycles. The molecule has 5 rings (SSSR count). The number of rotatable bonds is 6. The largest absolute Gasteiger partial charge is 0.467 e. The minimum absolute atomic E-state index is 0.136. The van der Waals surface area contributed by atoms with Gasteiger partial charge in [-0.25, -0.2) is 13.4 Å². The van der Waals surface area contributed by atoms with Crippen molar-refractivity contribution in [3.63, 3.8) is 0 Å². The van der Waals surface area contributed by atoms with E-state index in [0.29, 0.717) is 30.3 Å². The lowest BCUT2D eigenvalue weighted by Gasteiger charge is -2.33. The summed E-state index contributed by atoms with van der Waals surface area (Å²) < 4.78 is 34.4. The van der Waals surface area contributed by atoms with E-state index in [-0.39, 0.29) is 23.9 Å². The van der Waals surface area contributed by atoms with Crippen LogP contribution in [0.3, 0.4) is 0 Å². The number of carbonyl (C=O) groups is 1. The Bertz CT molecular complexity index is 1450. The number of amides is 1. The molecule has 0 radical (unpaired) electrons. The molecule has 0 bridgehead atoms. The number of hydrogen-bond donors (Lipinski definition) is 0. The highest BCUT2D eigenvalue weighted by Crippen LogP contribution is 2.34. The van der Waals surface area contributed by atoms with Gasteiger partial charge in [0.2, 0.25) is 15.9 Å². The second kappa shape index (κ2) is 9.56. The number of nitrogens with zero attached hydrogens (tertiary/aromatic N) is 3. The summed E-state index contributed by atoms with van der Waals surface area (Å²) in [5, 5.41) is 0.595. The summed E-state index contributed by atoms with van der Waals surface area (Å²) in [6, 6.07) is 16.1. The number of hydrogen-bond acceptors (Lipinski definition) is 6. The zero-order valence-electron chi connectivity index (χ0n) is 19.7. The molecule has 0 spiro atoms. The molecule has 1 atom stereocenters. The topological polar surface area (TPSA) is 83.7 Å². The molecule has 1 aliphatic heterocycles. The highest BCUT2D eigenvalue weighted by molar-refractivity contribution is 7.89. The number of sulfonamides is 1. The Kier molecular flexibility index (Phi) is 6.48. The summed E-state index contributed by atoms with van der Waals surface area (Å²) >= 11 is 1.47. The van der Waals surface area contributed by atoms with Crippen LogP contribution in [0, 0.1) is 19.8 Å². The van der Waals surface area contributed by atoms with Gasteiger partial charge in [-0.2, -0.15) is 4.31 Å². The lowest BCUT2D eigenvalue weighted by atomic mass is 9.98. The molecule has 1 amide bonds. The van der Waals surface area contributed by atoms with Crippen molar-refractivity contribution >= 4 is 42.6 Å². The Hall–Kier alpha value is -3.01. The Labute approximate surface area is 209 Å². The molecule has 2 aromatic heterocycles. The summed E-state index contributed by atoms with van der Waals surface area (Å²) in [4.78, 5) is 20.6. The Morgan fingerprint density at radius 2 is 1.94 bits per heavy atom. The molecule has 4 aromatic rings. The number of fused-ring (bicyclic) bond motifs is 1. The summed E-state index contributed by atoms with van der Waals surface area (Å²) in [6.45, 7) is 4.87. The molecule has 1 saturated heterocycles. The van der Waals surface area contributed by atoms with E-state index < -0.39 is 15.9 Å². The van der Waals surface area contributed by atoms with Gasteiger partial charge in [0.1, 0.15) is 5.76 Å². The van der Waals surface area contributed by atoms with Crippen molar-refractivity contribution < 1.29 is 17.6 Å². The predicted octanol–water partition coefficient (Wildman–Crippen LogP) is 5.14. The van der Waals surface area contributed by atoms with E-state index in [1.165, 1.54) is 15.6 Å². The van der Waals surface area contributed by atoms with Crippen molar-refractivity contribution in [1.29, 1.82) is 0 Å². The van der Waals surface area contributed by atoms with Crippen molar-refractivity contribution in [2.45, 2.75) is 38.1 Å². The van der Waals surface area contributed by atoms with Crippen LogP contribution in [0.15, 0.2) is 70.2 Å². The Balaban J connectivity index is 1.46. The maximum atomic E-state index is 13.9. The maximum absolute atomic E-state index is 13.9. The van der Waals surface area contributed by atoms with Crippen molar-refractivity contribution in [3.05, 3.63) is 77.7 Å². The second-order valence-electron chi connectivity index (χ2n) is 8.87. The molecule has 0 saturated carbocycles. The van der Waals surface area contributed by atoms with Gasteiger partial charge < -0.3 is 4.42 Å². The molecule has 35 heavy (non-hydrogen) atoms. The zero-order chi connectivity index (χ0) is 24.6. The number of thiazole rings is 1. The van der Waals surface area contributed by atoms with Crippen LogP contribution in [0.5, 0.6) is 0 Å². The second-order valence-corrected chi connectivity index (χ2v) is 11.8. The summed E-state index contributed by atoms with van der Waals surface area (Å²) in [5.74, 6) is 0.0462.